The lowest BCUT2D eigenvalue weighted by atomic mass is 10.1. The number of rotatable bonds is 5. The standard InChI is InChI=1S/C18H25N3OS2/c1-12(2)18-19-13(3)16(24-18)17(22)20-14-6-4-8-21(10-14)11-15-7-5-9-23-15/h5,7,9,12,14H,4,6,8,10-11H2,1-3H3,(H,20,22). The summed E-state index contributed by atoms with van der Waals surface area (Å²) in [7, 11) is 0. The van der Waals surface area contributed by atoms with Crippen LogP contribution in [0, 0.1) is 6.92 Å². The lowest BCUT2D eigenvalue weighted by molar-refractivity contribution is 0.0904. The first-order valence-corrected chi connectivity index (χ1v) is 10.3. The van der Waals surface area contributed by atoms with E-state index >= 15 is 0 Å². The normalized spacial score (nSPS) is 18.9. The van der Waals surface area contributed by atoms with Crippen LogP contribution >= 0.6 is 22.7 Å². The van der Waals surface area contributed by atoms with Gasteiger partial charge >= 0.3 is 0 Å². The van der Waals surface area contributed by atoms with Gasteiger partial charge in [-0.25, -0.2) is 4.98 Å². The Labute approximate surface area is 151 Å². The van der Waals surface area contributed by atoms with Crippen LogP contribution < -0.4 is 5.32 Å². The molecule has 6 heteroatoms. The lowest BCUT2D eigenvalue weighted by Gasteiger charge is -2.32. The number of nitrogens with one attached hydrogen (secondary N) is 1. The van der Waals surface area contributed by atoms with Crippen LogP contribution in [0.15, 0.2) is 17.5 Å². The average molecular weight is 364 g/mol. The third kappa shape index (κ3) is 4.23. The Balaban J connectivity index is 1.59. The van der Waals surface area contributed by atoms with Gasteiger partial charge in [-0.15, -0.1) is 22.7 Å². The zero-order valence-corrected chi connectivity index (χ0v) is 16.2. The fourth-order valence-corrected chi connectivity index (χ4v) is 4.78. The molecule has 0 aliphatic carbocycles. The van der Waals surface area contributed by atoms with Crippen LogP contribution in [-0.2, 0) is 6.54 Å². The highest BCUT2D eigenvalue weighted by molar-refractivity contribution is 7.13. The number of piperidine rings is 1. The number of hydrogen-bond acceptors (Lipinski definition) is 5. The van der Waals surface area contributed by atoms with Crippen molar-refractivity contribution in [1.29, 1.82) is 0 Å². The largest absolute Gasteiger partial charge is 0.347 e. The molecule has 3 heterocycles. The van der Waals surface area contributed by atoms with Crippen molar-refractivity contribution in [3.05, 3.63) is 38.0 Å². The van der Waals surface area contributed by atoms with Crippen molar-refractivity contribution in [3.8, 4) is 0 Å². The maximum absolute atomic E-state index is 12.6. The minimum absolute atomic E-state index is 0.0415. The van der Waals surface area contributed by atoms with Crippen LogP contribution in [0.5, 0.6) is 0 Å². The van der Waals surface area contributed by atoms with Gasteiger partial charge in [-0.05, 0) is 37.8 Å². The SMILES string of the molecule is Cc1nc(C(C)C)sc1C(=O)NC1CCCN(Cc2cccs2)C1. The van der Waals surface area contributed by atoms with Crippen molar-refractivity contribution in [3.63, 3.8) is 0 Å². The van der Waals surface area contributed by atoms with Crippen LogP contribution in [0.25, 0.3) is 0 Å². The third-order valence-corrected chi connectivity index (χ3v) is 6.63. The number of thiazole rings is 1. The molecule has 1 atom stereocenters. The van der Waals surface area contributed by atoms with E-state index in [1.54, 1.807) is 11.3 Å². The van der Waals surface area contributed by atoms with Crippen molar-refractivity contribution >= 4 is 28.6 Å². The van der Waals surface area contributed by atoms with Gasteiger partial charge in [-0.3, -0.25) is 9.69 Å². The minimum atomic E-state index is 0.0415. The summed E-state index contributed by atoms with van der Waals surface area (Å²) in [6.07, 6.45) is 2.19. The molecule has 1 fully saturated rings. The number of likely N-dealkylation sites (tertiary alicyclic amines) is 1. The number of aromatic nitrogens is 1. The van der Waals surface area contributed by atoms with E-state index in [4.69, 9.17) is 0 Å². The van der Waals surface area contributed by atoms with Crippen LogP contribution in [-0.4, -0.2) is 34.9 Å². The van der Waals surface area contributed by atoms with E-state index in [-0.39, 0.29) is 11.9 Å². The van der Waals surface area contributed by atoms with Gasteiger partial charge in [0.05, 0.1) is 10.7 Å². The highest BCUT2D eigenvalue weighted by Crippen LogP contribution is 2.25. The molecule has 0 spiro atoms. The maximum atomic E-state index is 12.6. The summed E-state index contributed by atoms with van der Waals surface area (Å²) in [6, 6.07) is 4.51. The molecule has 130 valence electrons. The molecule has 3 rings (SSSR count). The number of aryl methyl sites for hydroxylation is 1. The number of amides is 1. The Morgan fingerprint density at radius 1 is 1.50 bits per heavy atom. The Hall–Kier alpha value is -1.24. The van der Waals surface area contributed by atoms with Crippen LogP contribution in [0.3, 0.4) is 0 Å². The van der Waals surface area contributed by atoms with Crippen LogP contribution in [0.4, 0.5) is 0 Å². The average Bonchev–Trinajstić information content (AvgIpc) is 3.17. The van der Waals surface area contributed by atoms with Gasteiger partial charge in [-0.2, -0.15) is 0 Å². The van der Waals surface area contributed by atoms with E-state index in [0.29, 0.717) is 5.92 Å². The summed E-state index contributed by atoms with van der Waals surface area (Å²) in [5.41, 5.74) is 0.854. The van der Waals surface area contributed by atoms with Gasteiger partial charge in [-0.1, -0.05) is 19.9 Å². The van der Waals surface area contributed by atoms with Crippen LogP contribution in [0.2, 0.25) is 0 Å². The number of nitrogens with zero attached hydrogens (tertiary/aromatic N) is 2. The monoisotopic (exact) mass is 363 g/mol. The number of carbonyl (C=O) groups is 1. The van der Waals surface area contributed by atoms with E-state index in [9.17, 15) is 4.79 Å². The fourth-order valence-electron chi connectivity index (χ4n) is 3.07. The smallest absolute Gasteiger partial charge is 0.263 e. The van der Waals surface area contributed by atoms with Crippen molar-refractivity contribution in [2.45, 2.75) is 52.1 Å². The molecule has 1 aliphatic rings. The summed E-state index contributed by atoms with van der Waals surface area (Å²) in [4.78, 5) is 21.8. The summed E-state index contributed by atoms with van der Waals surface area (Å²) in [6.45, 7) is 9.19. The molecule has 2 aromatic rings. The first-order valence-electron chi connectivity index (χ1n) is 8.56. The van der Waals surface area contributed by atoms with E-state index in [0.717, 1.165) is 48.1 Å². The highest BCUT2D eigenvalue weighted by Gasteiger charge is 2.24. The Morgan fingerprint density at radius 2 is 2.33 bits per heavy atom. The second-order valence-corrected chi connectivity index (χ2v) is 8.81. The predicted molar refractivity (Wildman–Crippen MR) is 101 cm³/mol. The van der Waals surface area contributed by atoms with E-state index in [1.807, 2.05) is 6.92 Å². The molecule has 24 heavy (non-hydrogen) atoms. The van der Waals surface area contributed by atoms with E-state index < -0.39 is 0 Å². The molecule has 4 nitrogen and oxygen atoms in total. The molecule has 1 saturated heterocycles. The zero-order chi connectivity index (χ0) is 17.1. The Morgan fingerprint density at radius 3 is 3.00 bits per heavy atom. The zero-order valence-electron chi connectivity index (χ0n) is 14.5. The lowest BCUT2D eigenvalue weighted by Crippen LogP contribution is -2.47. The molecule has 1 amide bonds. The highest BCUT2D eigenvalue weighted by atomic mass is 32.1. The second kappa shape index (κ2) is 7.76. The van der Waals surface area contributed by atoms with Crippen LogP contribution in [0.1, 0.15) is 57.9 Å². The molecular weight excluding hydrogens is 338 g/mol. The Bertz CT molecular complexity index is 679. The first kappa shape index (κ1) is 17.6. The van der Waals surface area contributed by atoms with Gasteiger partial charge < -0.3 is 5.32 Å². The first-order chi connectivity index (χ1) is 11.5. The molecule has 0 bridgehead atoms. The second-order valence-electron chi connectivity index (χ2n) is 6.75. The summed E-state index contributed by atoms with van der Waals surface area (Å²) in [5, 5.41) is 6.40. The molecule has 0 radical (unpaired) electrons. The van der Waals surface area contributed by atoms with Crippen molar-refractivity contribution < 1.29 is 4.79 Å². The molecule has 1 aliphatic heterocycles. The van der Waals surface area contributed by atoms with Crippen molar-refractivity contribution in [2.24, 2.45) is 0 Å². The van der Waals surface area contributed by atoms with Gasteiger partial charge in [0.2, 0.25) is 0 Å². The number of carbonyl (C=O) groups excluding carboxylic acids is 1. The van der Waals surface area contributed by atoms with E-state index in [2.05, 4.69) is 46.6 Å². The fraction of sp³-hybridized carbons (Fsp3) is 0.556. The quantitative estimate of drug-likeness (QED) is 0.872. The molecule has 0 aromatic carbocycles. The van der Waals surface area contributed by atoms with Gasteiger partial charge in [0.15, 0.2) is 0 Å². The van der Waals surface area contributed by atoms with Crippen molar-refractivity contribution in [2.75, 3.05) is 13.1 Å². The maximum Gasteiger partial charge on any atom is 0.263 e. The molecule has 1 unspecified atom stereocenters. The minimum Gasteiger partial charge on any atom is -0.347 e. The van der Waals surface area contributed by atoms with Gasteiger partial charge in [0.1, 0.15) is 4.88 Å². The summed E-state index contributed by atoms with van der Waals surface area (Å²) < 4.78 is 0. The topological polar surface area (TPSA) is 45.2 Å². The number of thiophene rings is 1. The van der Waals surface area contributed by atoms with E-state index in [1.165, 1.54) is 16.2 Å². The number of hydrogen-bond donors (Lipinski definition) is 1. The van der Waals surface area contributed by atoms with Crippen molar-refractivity contribution in [1.82, 2.24) is 15.2 Å². The van der Waals surface area contributed by atoms with Gasteiger partial charge in [0, 0.05) is 29.9 Å². The van der Waals surface area contributed by atoms with Gasteiger partial charge in [0.25, 0.3) is 5.91 Å². The summed E-state index contributed by atoms with van der Waals surface area (Å²) >= 11 is 3.33. The predicted octanol–water partition coefficient (Wildman–Crippen LogP) is 4.03. The molecule has 2 aromatic heterocycles. The third-order valence-electron chi connectivity index (χ3n) is 4.31. The molecule has 1 N–H and O–H groups in total. The Kier molecular flexibility index (Phi) is 5.69. The molecular formula is C18H25N3OS2. The molecule has 0 saturated carbocycles. The summed E-state index contributed by atoms with van der Waals surface area (Å²) in [5.74, 6) is 0.408.